The smallest absolute Gasteiger partial charge is 0.193 e. The van der Waals surface area contributed by atoms with Crippen LogP contribution in [0.1, 0.15) is 36.1 Å². The van der Waals surface area contributed by atoms with Gasteiger partial charge in [-0.2, -0.15) is 0 Å². The highest BCUT2D eigenvalue weighted by Gasteiger charge is 2.10. The first-order chi connectivity index (χ1) is 13.8. The van der Waals surface area contributed by atoms with E-state index >= 15 is 0 Å². The molecule has 6 nitrogen and oxygen atoms in total. The molecule has 0 atom stereocenters. The van der Waals surface area contributed by atoms with Crippen LogP contribution in [0.4, 0.5) is 0 Å². The van der Waals surface area contributed by atoms with Crippen LogP contribution < -0.4 is 10.6 Å². The number of benzene rings is 1. The van der Waals surface area contributed by atoms with Crippen LogP contribution in [-0.2, 0) is 19.6 Å². The van der Waals surface area contributed by atoms with Gasteiger partial charge in [0.15, 0.2) is 10.9 Å². The van der Waals surface area contributed by atoms with Crippen molar-refractivity contribution in [2.75, 3.05) is 20.1 Å². The minimum atomic E-state index is 0.656. The van der Waals surface area contributed by atoms with Gasteiger partial charge in [0.05, 0.1) is 12.2 Å². The number of nitrogens with one attached hydrogen (secondary N) is 2. The molecule has 1 saturated heterocycles. The van der Waals surface area contributed by atoms with Crippen molar-refractivity contribution in [3.8, 4) is 0 Å². The van der Waals surface area contributed by atoms with Crippen LogP contribution in [0.5, 0.6) is 0 Å². The molecule has 1 aromatic carbocycles. The molecule has 7 heteroatoms. The first-order valence-corrected chi connectivity index (χ1v) is 10.8. The molecule has 0 unspecified atom stereocenters. The molecule has 4 rings (SSSR count). The van der Waals surface area contributed by atoms with Gasteiger partial charge < -0.3 is 10.6 Å². The third kappa shape index (κ3) is 4.91. The van der Waals surface area contributed by atoms with E-state index in [0.29, 0.717) is 6.54 Å². The fraction of sp³-hybridized carbons (Fsp3) is 0.429. The van der Waals surface area contributed by atoms with Gasteiger partial charge in [0.2, 0.25) is 0 Å². The van der Waals surface area contributed by atoms with E-state index in [1.54, 1.807) is 18.4 Å². The highest BCUT2D eigenvalue weighted by atomic mass is 32.1. The van der Waals surface area contributed by atoms with Gasteiger partial charge in [-0.3, -0.25) is 14.3 Å². The van der Waals surface area contributed by atoms with E-state index < -0.39 is 0 Å². The number of rotatable bonds is 6. The average molecular weight is 397 g/mol. The fourth-order valence-electron chi connectivity index (χ4n) is 3.58. The van der Waals surface area contributed by atoms with Crippen LogP contribution >= 0.6 is 11.3 Å². The standard InChI is InChI=1S/C21H28N6S/c1-22-20(24-14-19-16-27-11-12-28-21(27)25-19)23-13-17-5-7-18(8-6-17)15-26-9-3-2-4-10-26/h5-8,11-12,16H,2-4,9-10,13-15H2,1H3,(H2,22,23,24). The summed E-state index contributed by atoms with van der Waals surface area (Å²) in [5.41, 5.74) is 3.66. The van der Waals surface area contributed by atoms with E-state index in [4.69, 9.17) is 0 Å². The Balaban J connectivity index is 1.24. The molecular formula is C21H28N6S. The van der Waals surface area contributed by atoms with Gasteiger partial charge >= 0.3 is 0 Å². The minimum absolute atomic E-state index is 0.656. The molecule has 0 spiro atoms. The number of guanidine groups is 1. The van der Waals surface area contributed by atoms with Crippen LogP contribution in [-0.4, -0.2) is 40.4 Å². The second-order valence-electron chi connectivity index (χ2n) is 7.26. The normalized spacial score (nSPS) is 15.8. The predicted octanol–water partition coefficient (Wildman–Crippen LogP) is 3.25. The summed E-state index contributed by atoms with van der Waals surface area (Å²) in [4.78, 5) is 12.5. The second kappa shape index (κ2) is 9.21. The lowest BCUT2D eigenvalue weighted by atomic mass is 10.1. The number of imidazole rings is 1. The van der Waals surface area contributed by atoms with Crippen molar-refractivity contribution in [1.82, 2.24) is 24.9 Å². The van der Waals surface area contributed by atoms with Crippen molar-refractivity contribution in [1.29, 1.82) is 0 Å². The van der Waals surface area contributed by atoms with Gasteiger partial charge in [0.25, 0.3) is 0 Å². The van der Waals surface area contributed by atoms with E-state index in [9.17, 15) is 0 Å². The zero-order valence-electron chi connectivity index (χ0n) is 16.4. The Morgan fingerprint density at radius 3 is 2.57 bits per heavy atom. The topological polar surface area (TPSA) is 57.0 Å². The third-order valence-electron chi connectivity index (χ3n) is 5.14. The number of nitrogens with zero attached hydrogens (tertiary/aromatic N) is 4. The summed E-state index contributed by atoms with van der Waals surface area (Å²) in [7, 11) is 1.79. The summed E-state index contributed by atoms with van der Waals surface area (Å²) in [5, 5.41) is 8.75. The summed E-state index contributed by atoms with van der Waals surface area (Å²) in [6.45, 7) is 4.95. The molecule has 148 valence electrons. The highest BCUT2D eigenvalue weighted by molar-refractivity contribution is 7.15. The highest BCUT2D eigenvalue weighted by Crippen LogP contribution is 2.14. The first kappa shape index (κ1) is 19.0. The van der Waals surface area contributed by atoms with Gasteiger partial charge in [-0.25, -0.2) is 4.98 Å². The van der Waals surface area contributed by atoms with Crippen molar-refractivity contribution >= 4 is 22.3 Å². The maximum atomic E-state index is 4.59. The van der Waals surface area contributed by atoms with Gasteiger partial charge in [-0.1, -0.05) is 30.7 Å². The number of aromatic nitrogens is 2. The van der Waals surface area contributed by atoms with Crippen molar-refractivity contribution in [3.05, 3.63) is 58.9 Å². The van der Waals surface area contributed by atoms with Crippen LogP contribution in [0.3, 0.4) is 0 Å². The molecule has 0 amide bonds. The van der Waals surface area contributed by atoms with Crippen LogP contribution in [0.25, 0.3) is 4.96 Å². The zero-order chi connectivity index (χ0) is 19.2. The number of likely N-dealkylation sites (tertiary alicyclic amines) is 1. The number of piperidine rings is 1. The lowest BCUT2D eigenvalue weighted by Crippen LogP contribution is -2.36. The van der Waals surface area contributed by atoms with E-state index in [-0.39, 0.29) is 0 Å². The quantitative estimate of drug-likeness (QED) is 0.496. The lowest BCUT2D eigenvalue weighted by molar-refractivity contribution is 0.221. The molecular weight excluding hydrogens is 368 g/mol. The van der Waals surface area contributed by atoms with Gasteiger partial charge in [-0.15, -0.1) is 11.3 Å². The number of aliphatic imine (C=N–C) groups is 1. The van der Waals surface area contributed by atoms with Crippen molar-refractivity contribution in [2.24, 2.45) is 4.99 Å². The van der Waals surface area contributed by atoms with Crippen LogP contribution in [0.2, 0.25) is 0 Å². The number of fused-ring (bicyclic) bond motifs is 1. The Hall–Kier alpha value is -2.38. The van der Waals surface area contributed by atoms with Crippen molar-refractivity contribution in [2.45, 2.75) is 38.9 Å². The SMILES string of the molecule is CN=C(NCc1ccc(CN2CCCCC2)cc1)NCc1cn2ccsc2n1. The summed E-state index contributed by atoms with van der Waals surface area (Å²) in [6.07, 6.45) is 8.14. The largest absolute Gasteiger partial charge is 0.352 e. The summed E-state index contributed by atoms with van der Waals surface area (Å²) >= 11 is 1.64. The molecule has 1 fully saturated rings. The summed E-state index contributed by atoms with van der Waals surface area (Å²) in [6, 6.07) is 8.92. The van der Waals surface area contributed by atoms with Gasteiger partial charge in [0, 0.05) is 37.9 Å². The Kier molecular flexibility index (Phi) is 6.24. The molecule has 2 aromatic heterocycles. The van der Waals surface area contributed by atoms with Crippen LogP contribution in [0.15, 0.2) is 47.0 Å². The molecule has 0 saturated carbocycles. The zero-order valence-corrected chi connectivity index (χ0v) is 17.2. The molecule has 1 aliphatic heterocycles. The first-order valence-electron chi connectivity index (χ1n) is 9.96. The summed E-state index contributed by atoms with van der Waals surface area (Å²) < 4.78 is 2.04. The van der Waals surface area contributed by atoms with Gasteiger partial charge in [0.1, 0.15) is 0 Å². The second-order valence-corrected chi connectivity index (χ2v) is 8.13. The van der Waals surface area contributed by atoms with E-state index in [2.05, 4.69) is 49.8 Å². The van der Waals surface area contributed by atoms with Crippen LogP contribution in [0, 0.1) is 0 Å². The number of hydrogen-bond acceptors (Lipinski definition) is 4. The molecule has 3 aromatic rings. The van der Waals surface area contributed by atoms with Crippen molar-refractivity contribution < 1.29 is 0 Å². The Morgan fingerprint density at radius 2 is 1.82 bits per heavy atom. The number of hydrogen-bond donors (Lipinski definition) is 2. The van der Waals surface area contributed by atoms with Gasteiger partial charge in [-0.05, 0) is 37.1 Å². The minimum Gasteiger partial charge on any atom is -0.352 e. The molecule has 0 aliphatic carbocycles. The lowest BCUT2D eigenvalue weighted by Gasteiger charge is -2.26. The average Bonchev–Trinajstić information content (AvgIpc) is 3.32. The van der Waals surface area contributed by atoms with Crippen molar-refractivity contribution in [3.63, 3.8) is 0 Å². The molecule has 0 radical (unpaired) electrons. The molecule has 2 N–H and O–H groups in total. The predicted molar refractivity (Wildman–Crippen MR) is 116 cm³/mol. The Labute approximate surface area is 170 Å². The summed E-state index contributed by atoms with van der Waals surface area (Å²) in [5.74, 6) is 0.786. The van der Waals surface area contributed by atoms with E-state index in [0.717, 1.165) is 29.7 Å². The Morgan fingerprint density at radius 1 is 1.07 bits per heavy atom. The third-order valence-corrected chi connectivity index (χ3v) is 5.91. The van der Waals surface area contributed by atoms with E-state index in [1.165, 1.54) is 43.5 Å². The maximum absolute atomic E-state index is 4.59. The molecule has 1 aliphatic rings. The molecule has 0 bridgehead atoms. The number of thiazole rings is 1. The molecule has 3 heterocycles. The van der Waals surface area contributed by atoms with E-state index in [1.807, 2.05) is 22.2 Å². The fourth-order valence-corrected chi connectivity index (χ4v) is 4.30. The Bertz CT molecular complexity index is 876. The maximum Gasteiger partial charge on any atom is 0.193 e. The monoisotopic (exact) mass is 396 g/mol. The molecule has 28 heavy (non-hydrogen) atoms.